The molecule has 25 heavy (non-hydrogen) atoms. The Morgan fingerprint density at radius 3 is 2.52 bits per heavy atom. The van der Waals surface area contributed by atoms with Gasteiger partial charge in [0.25, 0.3) is 5.91 Å². The van der Waals surface area contributed by atoms with Crippen molar-refractivity contribution in [3.8, 4) is 0 Å². The number of hydrogen-bond donors (Lipinski definition) is 2. The number of rotatable bonds is 8. The minimum Gasteiger partial charge on any atom is -0.480 e. The van der Waals surface area contributed by atoms with Gasteiger partial charge in [-0.3, -0.25) is 4.79 Å². The number of amides is 1. The summed E-state index contributed by atoms with van der Waals surface area (Å²) >= 11 is 0. The highest BCUT2D eigenvalue weighted by Gasteiger charge is 2.28. The minimum absolute atomic E-state index is 0.129. The first kappa shape index (κ1) is 19.0. The third-order valence-corrected chi connectivity index (χ3v) is 4.94. The number of fused-ring (bicyclic) bond motifs is 1. The number of benzene rings is 1. The Morgan fingerprint density at radius 2 is 1.92 bits per heavy atom. The van der Waals surface area contributed by atoms with Crippen LogP contribution in [0.1, 0.15) is 56.1 Å². The second kappa shape index (κ2) is 8.19. The zero-order valence-corrected chi connectivity index (χ0v) is 15.5. The Hall–Kier alpha value is -2.30. The van der Waals surface area contributed by atoms with Gasteiger partial charge in [-0.2, -0.15) is 0 Å². The van der Waals surface area contributed by atoms with Crippen molar-refractivity contribution < 1.29 is 14.7 Å². The van der Waals surface area contributed by atoms with Gasteiger partial charge in [-0.1, -0.05) is 51.8 Å². The normalized spacial score (nSPS) is 13.6. The van der Waals surface area contributed by atoms with E-state index in [1.54, 1.807) is 0 Å². The molecule has 1 aromatic carbocycles. The molecule has 0 fully saturated rings. The summed E-state index contributed by atoms with van der Waals surface area (Å²) in [7, 11) is 0. The van der Waals surface area contributed by atoms with Crippen LogP contribution in [0.25, 0.3) is 10.9 Å². The monoisotopic (exact) mass is 344 g/mol. The van der Waals surface area contributed by atoms with Gasteiger partial charge in [-0.05, 0) is 30.9 Å². The molecule has 5 heteroatoms. The number of carbonyl (C=O) groups excluding carboxylic acids is 1. The molecule has 2 aromatic rings. The van der Waals surface area contributed by atoms with Crippen molar-refractivity contribution in [1.29, 1.82) is 0 Å². The lowest BCUT2D eigenvalue weighted by Gasteiger charge is -2.21. The van der Waals surface area contributed by atoms with Crippen LogP contribution in [0.15, 0.2) is 24.3 Å². The molecule has 1 amide bonds. The summed E-state index contributed by atoms with van der Waals surface area (Å²) in [5.41, 5.74) is 2.50. The lowest BCUT2D eigenvalue weighted by molar-refractivity contribution is -0.140. The number of hydrogen-bond acceptors (Lipinski definition) is 2. The predicted molar refractivity (Wildman–Crippen MR) is 99.9 cm³/mol. The molecule has 0 aliphatic heterocycles. The molecular formula is C20H28N2O3. The first-order chi connectivity index (χ1) is 11.9. The fraction of sp³-hybridized carbons (Fsp3) is 0.500. The molecule has 5 nitrogen and oxygen atoms in total. The van der Waals surface area contributed by atoms with E-state index in [0.717, 1.165) is 35.9 Å². The number of carboxylic acids is 1. The summed E-state index contributed by atoms with van der Waals surface area (Å²) in [6, 6.07) is 7.06. The number of nitrogens with one attached hydrogen (secondary N) is 1. The molecule has 1 heterocycles. The van der Waals surface area contributed by atoms with Crippen molar-refractivity contribution in [2.45, 2.75) is 59.5 Å². The summed E-state index contributed by atoms with van der Waals surface area (Å²) in [4.78, 5) is 24.5. The molecular weight excluding hydrogens is 316 g/mol. The maximum absolute atomic E-state index is 13.0. The number of nitrogens with zero attached hydrogens (tertiary/aromatic N) is 1. The first-order valence-corrected chi connectivity index (χ1v) is 9.03. The van der Waals surface area contributed by atoms with E-state index >= 15 is 0 Å². The van der Waals surface area contributed by atoms with Gasteiger partial charge in [0, 0.05) is 17.4 Å². The molecule has 0 bridgehead atoms. The average molecular weight is 344 g/mol. The van der Waals surface area contributed by atoms with Gasteiger partial charge >= 0.3 is 5.97 Å². The van der Waals surface area contributed by atoms with Gasteiger partial charge in [-0.25, -0.2) is 4.79 Å². The SMILES string of the molecule is CCCCn1c(C(=O)NC(C(=O)O)C(C)CC)c(C)c2ccccc21. The Kier molecular flexibility index (Phi) is 6.23. The van der Waals surface area contributed by atoms with Crippen molar-refractivity contribution in [3.05, 3.63) is 35.5 Å². The lowest BCUT2D eigenvalue weighted by atomic mass is 9.99. The molecule has 136 valence electrons. The first-order valence-electron chi connectivity index (χ1n) is 9.03. The van der Waals surface area contributed by atoms with E-state index in [-0.39, 0.29) is 11.8 Å². The topological polar surface area (TPSA) is 71.3 Å². The van der Waals surface area contributed by atoms with Gasteiger partial charge in [0.15, 0.2) is 0 Å². The average Bonchev–Trinajstić information content (AvgIpc) is 2.89. The van der Waals surface area contributed by atoms with E-state index in [9.17, 15) is 14.7 Å². The molecule has 0 aliphatic rings. The summed E-state index contributed by atoms with van der Waals surface area (Å²) in [6.45, 7) is 8.56. The molecule has 0 saturated carbocycles. The Bertz CT molecular complexity index is 764. The van der Waals surface area contributed by atoms with E-state index < -0.39 is 12.0 Å². The molecule has 0 spiro atoms. The zero-order chi connectivity index (χ0) is 18.6. The maximum Gasteiger partial charge on any atom is 0.326 e. The Morgan fingerprint density at radius 1 is 1.24 bits per heavy atom. The van der Waals surface area contributed by atoms with E-state index in [0.29, 0.717) is 12.1 Å². The highest BCUT2D eigenvalue weighted by Crippen LogP contribution is 2.26. The largest absolute Gasteiger partial charge is 0.480 e. The van der Waals surface area contributed by atoms with Gasteiger partial charge in [0.1, 0.15) is 11.7 Å². The fourth-order valence-corrected chi connectivity index (χ4v) is 3.21. The van der Waals surface area contributed by atoms with Crippen LogP contribution in [0, 0.1) is 12.8 Å². The van der Waals surface area contributed by atoms with Crippen molar-refractivity contribution >= 4 is 22.8 Å². The molecule has 1 aromatic heterocycles. The second-order valence-corrected chi connectivity index (χ2v) is 6.67. The lowest BCUT2D eigenvalue weighted by Crippen LogP contribution is -2.45. The fourth-order valence-electron chi connectivity index (χ4n) is 3.21. The smallest absolute Gasteiger partial charge is 0.326 e. The van der Waals surface area contributed by atoms with E-state index in [4.69, 9.17) is 0 Å². The van der Waals surface area contributed by atoms with Crippen molar-refractivity contribution in [1.82, 2.24) is 9.88 Å². The zero-order valence-electron chi connectivity index (χ0n) is 15.5. The van der Waals surface area contributed by atoms with Gasteiger partial charge < -0.3 is 15.0 Å². The van der Waals surface area contributed by atoms with Crippen LogP contribution >= 0.6 is 0 Å². The molecule has 2 atom stereocenters. The van der Waals surface area contributed by atoms with E-state index in [1.807, 2.05) is 49.6 Å². The van der Waals surface area contributed by atoms with Crippen LogP contribution in [0.3, 0.4) is 0 Å². The van der Waals surface area contributed by atoms with Crippen molar-refractivity contribution in [2.75, 3.05) is 0 Å². The Balaban J connectivity index is 2.46. The highest BCUT2D eigenvalue weighted by atomic mass is 16.4. The van der Waals surface area contributed by atoms with E-state index in [2.05, 4.69) is 12.2 Å². The van der Waals surface area contributed by atoms with Crippen LogP contribution in [-0.2, 0) is 11.3 Å². The number of aliphatic carboxylic acids is 1. The van der Waals surface area contributed by atoms with Gasteiger partial charge in [0.05, 0.1) is 0 Å². The standard InChI is InChI=1S/C20H28N2O3/c1-5-7-12-22-16-11-9-8-10-15(16)14(4)18(22)19(23)21-17(20(24)25)13(3)6-2/h8-11,13,17H,5-7,12H2,1-4H3,(H,21,23)(H,24,25). The minimum atomic E-state index is -0.989. The molecule has 2 rings (SSSR count). The van der Waals surface area contributed by atoms with Gasteiger partial charge in [-0.15, -0.1) is 0 Å². The van der Waals surface area contributed by atoms with Crippen LogP contribution in [0.4, 0.5) is 0 Å². The summed E-state index contributed by atoms with van der Waals surface area (Å²) in [6.07, 6.45) is 2.68. The number of unbranched alkanes of at least 4 members (excludes halogenated alkanes) is 1. The molecule has 0 saturated heterocycles. The summed E-state index contributed by atoms with van der Waals surface area (Å²) in [5.74, 6) is -1.43. The number of aromatic nitrogens is 1. The van der Waals surface area contributed by atoms with Gasteiger partial charge in [0.2, 0.25) is 0 Å². The summed E-state index contributed by atoms with van der Waals surface area (Å²) < 4.78 is 2.03. The quantitative estimate of drug-likeness (QED) is 0.761. The van der Waals surface area contributed by atoms with Crippen LogP contribution in [0.5, 0.6) is 0 Å². The molecule has 2 N–H and O–H groups in total. The number of para-hydroxylation sites is 1. The van der Waals surface area contributed by atoms with Crippen LogP contribution < -0.4 is 5.32 Å². The summed E-state index contributed by atoms with van der Waals surface area (Å²) in [5, 5.41) is 13.3. The number of aryl methyl sites for hydroxylation is 2. The highest BCUT2D eigenvalue weighted by molar-refractivity contribution is 6.02. The predicted octanol–water partition coefficient (Wildman–Crippen LogP) is 3.98. The third kappa shape index (κ3) is 3.86. The van der Waals surface area contributed by atoms with Crippen molar-refractivity contribution in [3.63, 3.8) is 0 Å². The Labute approximate surface area is 149 Å². The number of carbonyl (C=O) groups is 2. The third-order valence-electron chi connectivity index (χ3n) is 4.94. The molecule has 0 aliphatic carbocycles. The van der Waals surface area contributed by atoms with Crippen molar-refractivity contribution in [2.24, 2.45) is 5.92 Å². The van der Waals surface area contributed by atoms with Crippen LogP contribution in [-0.4, -0.2) is 27.6 Å². The van der Waals surface area contributed by atoms with Crippen LogP contribution in [0.2, 0.25) is 0 Å². The second-order valence-electron chi connectivity index (χ2n) is 6.67. The molecule has 0 radical (unpaired) electrons. The number of carboxylic acid groups (broad SMARTS) is 1. The maximum atomic E-state index is 13.0. The van der Waals surface area contributed by atoms with E-state index in [1.165, 1.54) is 0 Å². The molecule has 2 unspecified atom stereocenters.